The number of carbonyl (C=O) groups is 2. The number of fused-ring (bicyclic) bond motifs is 1. The summed E-state index contributed by atoms with van der Waals surface area (Å²) in [4.78, 5) is 23.3. The van der Waals surface area contributed by atoms with Gasteiger partial charge in [-0.3, -0.25) is 14.9 Å². The van der Waals surface area contributed by atoms with Gasteiger partial charge in [-0.1, -0.05) is 20.4 Å². The van der Waals surface area contributed by atoms with Crippen molar-refractivity contribution in [3.05, 3.63) is 12.2 Å². The van der Waals surface area contributed by atoms with Gasteiger partial charge in [-0.25, -0.2) is 0 Å². The fourth-order valence-electron chi connectivity index (χ4n) is 5.33. The molecule has 0 radical (unpaired) electrons. The Morgan fingerprint density at radius 3 is 2.64 bits per heavy atom. The van der Waals surface area contributed by atoms with Crippen molar-refractivity contribution in [1.82, 2.24) is 5.32 Å². The van der Waals surface area contributed by atoms with Crippen LogP contribution < -0.4 is 5.32 Å². The SMILES string of the molecule is C=C1C(C[C@H](O)[C@H]2CC(=O)NC2=O)[C@H]2C[C@@H](Cl)CC(C)(C)[C@@H]2C[C@@H]1O. The van der Waals surface area contributed by atoms with Crippen molar-refractivity contribution in [3.63, 3.8) is 0 Å². The van der Waals surface area contributed by atoms with Gasteiger partial charge in [-0.05, 0) is 54.4 Å². The Bertz CT molecular complexity index is 590. The molecule has 140 valence electrons. The first-order valence-electron chi connectivity index (χ1n) is 9.12. The zero-order valence-electron chi connectivity index (χ0n) is 14.9. The Morgan fingerprint density at radius 2 is 2.04 bits per heavy atom. The number of halogens is 1. The molecule has 0 aromatic rings. The lowest BCUT2D eigenvalue weighted by Crippen LogP contribution is -2.49. The highest BCUT2D eigenvalue weighted by atomic mass is 35.5. The van der Waals surface area contributed by atoms with Crippen LogP contribution in [0.4, 0.5) is 0 Å². The Kier molecular flexibility index (Phi) is 5.04. The summed E-state index contributed by atoms with van der Waals surface area (Å²) in [5.74, 6) is -1.00. The van der Waals surface area contributed by atoms with Crippen molar-refractivity contribution in [1.29, 1.82) is 0 Å². The third kappa shape index (κ3) is 3.51. The lowest BCUT2D eigenvalue weighted by molar-refractivity contribution is -0.127. The predicted octanol–water partition coefficient (Wildman–Crippen LogP) is 2.00. The zero-order chi connectivity index (χ0) is 18.5. The lowest BCUT2D eigenvalue weighted by Gasteiger charge is -2.53. The van der Waals surface area contributed by atoms with Gasteiger partial charge < -0.3 is 10.2 Å². The number of aliphatic hydroxyl groups excluding tert-OH is 2. The van der Waals surface area contributed by atoms with Crippen molar-refractivity contribution in [2.45, 2.75) is 63.5 Å². The van der Waals surface area contributed by atoms with Gasteiger partial charge in [-0.15, -0.1) is 11.6 Å². The summed E-state index contributed by atoms with van der Waals surface area (Å²) >= 11 is 6.51. The second-order valence-corrected chi connectivity index (χ2v) is 9.37. The minimum absolute atomic E-state index is 0.0148. The van der Waals surface area contributed by atoms with Crippen LogP contribution >= 0.6 is 11.6 Å². The standard InChI is InChI=1S/C19H28ClNO4/c1-9-11(5-16(23)13-6-17(24)21-18(13)25)12-4-10(20)8-19(2,3)14(12)7-15(9)22/h10-16,22-23H,1,4-8H2,2-3H3,(H,21,24,25)/t10-,11?,12-,13-,14-,15+,16+/m1/s1. The summed E-state index contributed by atoms with van der Waals surface area (Å²) in [6, 6.07) is 0. The van der Waals surface area contributed by atoms with Crippen molar-refractivity contribution in [2.75, 3.05) is 0 Å². The molecule has 3 aliphatic rings. The number of alkyl halides is 1. The number of nitrogens with one attached hydrogen (secondary N) is 1. The molecule has 3 N–H and O–H groups in total. The Hall–Kier alpha value is -0.910. The minimum atomic E-state index is -0.919. The summed E-state index contributed by atoms with van der Waals surface area (Å²) in [5, 5.41) is 23.4. The molecule has 1 unspecified atom stereocenters. The Balaban J connectivity index is 1.81. The maximum atomic E-state index is 11.9. The monoisotopic (exact) mass is 369 g/mol. The zero-order valence-corrected chi connectivity index (χ0v) is 15.6. The third-order valence-electron chi connectivity index (χ3n) is 6.66. The fraction of sp³-hybridized carbons (Fsp3) is 0.789. The first-order valence-corrected chi connectivity index (χ1v) is 9.56. The predicted molar refractivity (Wildman–Crippen MR) is 94.8 cm³/mol. The molecular formula is C19H28ClNO4. The van der Waals surface area contributed by atoms with E-state index >= 15 is 0 Å². The van der Waals surface area contributed by atoms with Crippen LogP contribution in [0.3, 0.4) is 0 Å². The first kappa shape index (κ1) is 18.9. The molecule has 3 fully saturated rings. The van der Waals surface area contributed by atoms with Crippen LogP contribution in [0.15, 0.2) is 12.2 Å². The summed E-state index contributed by atoms with van der Waals surface area (Å²) in [6.45, 7) is 8.46. The molecule has 1 aliphatic heterocycles. The number of carbonyl (C=O) groups excluding carboxylic acids is 2. The van der Waals surface area contributed by atoms with Gasteiger partial charge in [0.25, 0.3) is 0 Å². The number of imide groups is 1. The van der Waals surface area contributed by atoms with E-state index in [1.807, 2.05) is 0 Å². The van der Waals surface area contributed by atoms with Crippen molar-refractivity contribution < 1.29 is 19.8 Å². The maximum Gasteiger partial charge on any atom is 0.232 e. The highest BCUT2D eigenvalue weighted by Gasteiger charge is 2.51. The van der Waals surface area contributed by atoms with Gasteiger partial charge in [0.1, 0.15) is 0 Å². The number of rotatable bonds is 3. The molecule has 0 aromatic carbocycles. The summed E-state index contributed by atoms with van der Waals surface area (Å²) in [5.41, 5.74) is 0.743. The lowest BCUT2D eigenvalue weighted by atomic mass is 9.53. The summed E-state index contributed by atoms with van der Waals surface area (Å²) in [6.07, 6.45) is 1.26. The molecule has 1 heterocycles. The average molecular weight is 370 g/mol. The van der Waals surface area contributed by atoms with E-state index in [9.17, 15) is 19.8 Å². The largest absolute Gasteiger partial charge is 0.392 e. The molecule has 2 amide bonds. The molecule has 0 bridgehead atoms. The van der Waals surface area contributed by atoms with Gasteiger partial charge in [-0.2, -0.15) is 0 Å². The van der Waals surface area contributed by atoms with Crippen molar-refractivity contribution >= 4 is 23.4 Å². The molecule has 0 spiro atoms. The fourth-order valence-corrected chi connectivity index (χ4v) is 5.94. The van der Waals surface area contributed by atoms with Crippen LogP contribution in [0.25, 0.3) is 0 Å². The second-order valence-electron chi connectivity index (χ2n) is 8.76. The molecule has 3 rings (SSSR count). The molecular weight excluding hydrogens is 342 g/mol. The number of amides is 2. The molecule has 7 atom stereocenters. The highest BCUT2D eigenvalue weighted by Crippen LogP contribution is 2.55. The van der Waals surface area contributed by atoms with E-state index in [4.69, 9.17) is 11.6 Å². The van der Waals surface area contributed by atoms with Gasteiger partial charge in [0.15, 0.2) is 0 Å². The molecule has 1 saturated heterocycles. The van der Waals surface area contributed by atoms with Crippen LogP contribution in [0.1, 0.15) is 46.0 Å². The Labute approximate surface area is 153 Å². The van der Waals surface area contributed by atoms with E-state index in [0.29, 0.717) is 18.8 Å². The van der Waals surface area contributed by atoms with E-state index < -0.39 is 24.0 Å². The van der Waals surface area contributed by atoms with Crippen LogP contribution in [0.5, 0.6) is 0 Å². The van der Waals surface area contributed by atoms with Crippen LogP contribution in [0.2, 0.25) is 0 Å². The Morgan fingerprint density at radius 1 is 1.36 bits per heavy atom. The number of hydrogen-bond acceptors (Lipinski definition) is 4. The van der Waals surface area contributed by atoms with Crippen molar-refractivity contribution in [2.24, 2.45) is 29.1 Å². The second kappa shape index (κ2) is 6.67. The number of hydrogen-bond donors (Lipinski definition) is 3. The highest BCUT2D eigenvalue weighted by molar-refractivity contribution is 6.20. The normalized spacial score (nSPS) is 42.0. The van der Waals surface area contributed by atoms with Crippen LogP contribution in [-0.4, -0.2) is 39.6 Å². The molecule has 2 saturated carbocycles. The third-order valence-corrected chi connectivity index (χ3v) is 6.99. The molecule has 0 aromatic heterocycles. The van der Waals surface area contributed by atoms with Crippen LogP contribution in [0, 0.1) is 29.1 Å². The van der Waals surface area contributed by atoms with E-state index in [2.05, 4.69) is 25.7 Å². The smallest absolute Gasteiger partial charge is 0.232 e. The van der Waals surface area contributed by atoms with E-state index in [-0.39, 0.29) is 35.0 Å². The van der Waals surface area contributed by atoms with Crippen LogP contribution in [-0.2, 0) is 9.59 Å². The maximum absolute atomic E-state index is 11.9. The summed E-state index contributed by atoms with van der Waals surface area (Å²) in [7, 11) is 0. The van der Waals surface area contributed by atoms with Gasteiger partial charge in [0.05, 0.1) is 18.1 Å². The molecule has 5 nitrogen and oxygen atoms in total. The molecule has 6 heteroatoms. The van der Waals surface area contributed by atoms with Crippen molar-refractivity contribution in [3.8, 4) is 0 Å². The van der Waals surface area contributed by atoms with E-state index in [0.717, 1.165) is 18.4 Å². The first-order chi connectivity index (χ1) is 11.6. The van der Waals surface area contributed by atoms with E-state index in [1.54, 1.807) is 0 Å². The number of aliphatic hydroxyl groups is 2. The van der Waals surface area contributed by atoms with Gasteiger partial charge in [0, 0.05) is 11.8 Å². The average Bonchev–Trinajstić information content (AvgIpc) is 2.83. The van der Waals surface area contributed by atoms with Gasteiger partial charge >= 0.3 is 0 Å². The molecule has 2 aliphatic carbocycles. The topological polar surface area (TPSA) is 86.6 Å². The quantitative estimate of drug-likeness (QED) is 0.403. The summed E-state index contributed by atoms with van der Waals surface area (Å²) < 4.78 is 0. The van der Waals surface area contributed by atoms with E-state index in [1.165, 1.54) is 0 Å². The molecule has 25 heavy (non-hydrogen) atoms. The van der Waals surface area contributed by atoms with Gasteiger partial charge in [0.2, 0.25) is 11.8 Å². The minimum Gasteiger partial charge on any atom is -0.392 e.